The van der Waals surface area contributed by atoms with Crippen molar-refractivity contribution in [1.82, 2.24) is 9.97 Å². The summed E-state index contributed by atoms with van der Waals surface area (Å²) in [7, 11) is 0. The predicted molar refractivity (Wildman–Crippen MR) is 76.6 cm³/mol. The smallest absolute Gasteiger partial charge is 0.275 e. The molecule has 1 aromatic heterocycles. The maximum absolute atomic E-state index is 12.0. The fourth-order valence-electron chi connectivity index (χ4n) is 1.79. The number of aliphatic hydroxyl groups is 1. The molecule has 5 nitrogen and oxygen atoms in total. The van der Waals surface area contributed by atoms with Crippen LogP contribution in [0.25, 0.3) is 0 Å². The topological polar surface area (TPSA) is 75.1 Å². The zero-order valence-corrected chi connectivity index (χ0v) is 11.3. The number of aromatic nitrogens is 2. The number of carbonyl (C=O) groups is 1. The number of rotatable bonds is 5. The van der Waals surface area contributed by atoms with Crippen molar-refractivity contribution in [1.29, 1.82) is 0 Å². The molecular weight excluding hydrogens is 254 g/mol. The summed E-state index contributed by atoms with van der Waals surface area (Å²) in [4.78, 5) is 20.1. The number of hydrogen-bond donors (Lipinski definition) is 2. The first-order valence-corrected chi connectivity index (χ1v) is 6.49. The van der Waals surface area contributed by atoms with Crippen molar-refractivity contribution in [2.45, 2.75) is 19.8 Å². The van der Waals surface area contributed by atoms with E-state index in [0.29, 0.717) is 12.1 Å². The molecule has 0 aliphatic carbocycles. The summed E-state index contributed by atoms with van der Waals surface area (Å²) in [5.41, 5.74) is 2.85. The summed E-state index contributed by atoms with van der Waals surface area (Å²) >= 11 is 0. The molecule has 1 aromatic carbocycles. The first-order chi connectivity index (χ1) is 9.69. The van der Waals surface area contributed by atoms with E-state index in [0.717, 1.165) is 17.7 Å². The second kappa shape index (κ2) is 6.77. The lowest BCUT2D eigenvalue weighted by atomic mass is 10.1. The third-order valence-corrected chi connectivity index (χ3v) is 2.82. The van der Waals surface area contributed by atoms with E-state index in [1.165, 1.54) is 6.20 Å². The van der Waals surface area contributed by atoms with E-state index in [4.69, 9.17) is 5.11 Å². The minimum absolute atomic E-state index is 0.162. The number of nitrogens with one attached hydrogen (secondary N) is 1. The van der Waals surface area contributed by atoms with Crippen LogP contribution in [-0.2, 0) is 6.42 Å². The highest BCUT2D eigenvalue weighted by Gasteiger charge is 2.08. The van der Waals surface area contributed by atoms with E-state index in [1.54, 1.807) is 6.20 Å². The Morgan fingerprint density at radius 3 is 2.85 bits per heavy atom. The Bertz CT molecular complexity index is 582. The van der Waals surface area contributed by atoms with Crippen LogP contribution in [0, 0.1) is 6.92 Å². The van der Waals surface area contributed by atoms with Crippen molar-refractivity contribution in [2.24, 2.45) is 0 Å². The van der Waals surface area contributed by atoms with Crippen LogP contribution in [0.15, 0.2) is 36.7 Å². The van der Waals surface area contributed by atoms with Gasteiger partial charge in [0.05, 0.1) is 11.9 Å². The van der Waals surface area contributed by atoms with E-state index in [2.05, 4.69) is 15.3 Å². The van der Waals surface area contributed by atoms with Crippen LogP contribution < -0.4 is 5.32 Å². The molecule has 5 heteroatoms. The molecule has 104 valence electrons. The summed E-state index contributed by atoms with van der Waals surface area (Å²) in [6.07, 6.45) is 4.51. The molecule has 2 rings (SSSR count). The van der Waals surface area contributed by atoms with Gasteiger partial charge in [-0.15, -0.1) is 0 Å². The van der Waals surface area contributed by atoms with Crippen molar-refractivity contribution in [3.05, 3.63) is 53.6 Å². The highest BCUT2D eigenvalue weighted by atomic mass is 16.2. The molecule has 1 heterocycles. The number of aryl methyl sites for hydroxylation is 2. The van der Waals surface area contributed by atoms with Crippen molar-refractivity contribution >= 4 is 11.6 Å². The van der Waals surface area contributed by atoms with Crippen LogP contribution in [0.4, 0.5) is 5.69 Å². The normalized spacial score (nSPS) is 10.3. The highest BCUT2D eigenvalue weighted by molar-refractivity contribution is 6.02. The van der Waals surface area contributed by atoms with Gasteiger partial charge in [0, 0.05) is 18.5 Å². The van der Waals surface area contributed by atoms with Crippen LogP contribution in [0.1, 0.15) is 28.2 Å². The van der Waals surface area contributed by atoms with E-state index >= 15 is 0 Å². The summed E-state index contributed by atoms with van der Waals surface area (Å²) in [6.45, 7) is 1.98. The number of aliphatic hydroxyl groups excluding tert-OH is 1. The second-order valence-corrected chi connectivity index (χ2v) is 4.52. The molecule has 0 aliphatic rings. The molecule has 0 radical (unpaired) electrons. The lowest BCUT2D eigenvalue weighted by molar-refractivity contribution is 0.102. The Morgan fingerprint density at radius 2 is 2.15 bits per heavy atom. The number of nitrogens with zero attached hydrogens (tertiary/aromatic N) is 2. The molecule has 0 saturated carbocycles. The van der Waals surface area contributed by atoms with Gasteiger partial charge >= 0.3 is 0 Å². The first-order valence-electron chi connectivity index (χ1n) is 6.49. The largest absolute Gasteiger partial charge is 0.396 e. The Hall–Kier alpha value is -2.27. The van der Waals surface area contributed by atoms with Gasteiger partial charge in [-0.2, -0.15) is 0 Å². The molecule has 20 heavy (non-hydrogen) atoms. The van der Waals surface area contributed by atoms with Crippen molar-refractivity contribution in [3.8, 4) is 0 Å². The van der Waals surface area contributed by atoms with Crippen LogP contribution in [0.3, 0.4) is 0 Å². The minimum Gasteiger partial charge on any atom is -0.396 e. The van der Waals surface area contributed by atoms with Gasteiger partial charge < -0.3 is 10.4 Å². The molecule has 2 aromatic rings. The average molecular weight is 271 g/mol. The van der Waals surface area contributed by atoms with E-state index in [9.17, 15) is 4.79 Å². The second-order valence-electron chi connectivity index (χ2n) is 4.52. The molecular formula is C15H17N3O2. The minimum atomic E-state index is -0.281. The summed E-state index contributed by atoms with van der Waals surface area (Å²) in [5, 5.41) is 11.6. The number of carbonyl (C=O) groups excluding carboxylic acids is 1. The van der Waals surface area contributed by atoms with Crippen molar-refractivity contribution < 1.29 is 9.90 Å². The molecule has 1 amide bonds. The monoisotopic (exact) mass is 271 g/mol. The van der Waals surface area contributed by atoms with E-state index in [-0.39, 0.29) is 18.2 Å². The molecule has 0 atom stereocenters. The number of anilines is 1. The molecule has 0 aliphatic heterocycles. The Morgan fingerprint density at radius 1 is 1.30 bits per heavy atom. The third kappa shape index (κ3) is 3.86. The van der Waals surface area contributed by atoms with Crippen LogP contribution in [-0.4, -0.2) is 27.6 Å². The van der Waals surface area contributed by atoms with Gasteiger partial charge in [-0.1, -0.05) is 12.1 Å². The Labute approximate surface area is 117 Å². The van der Waals surface area contributed by atoms with Gasteiger partial charge in [-0.05, 0) is 37.5 Å². The van der Waals surface area contributed by atoms with Gasteiger partial charge in [0.25, 0.3) is 5.91 Å². The lowest BCUT2D eigenvalue weighted by Crippen LogP contribution is -2.14. The lowest BCUT2D eigenvalue weighted by Gasteiger charge is -2.07. The molecule has 0 bridgehead atoms. The van der Waals surface area contributed by atoms with Gasteiger partial charge in [0.2, 0.25) is 0 Å². The SMILES string of the molecule is Cc1cnc(C(=O)Nc2cccc(CCCO)c2)cn1. The quantitative estimate of drug-likeness (QED) is 0.871. The third-order valence-electron chi connectivity index (χ3n) is 2.82. The fourth-order valence-corrected chi connectivity index (χ4v) is 1.79. The summed E-state index contributed by atoms with van der Waals surface area (Å²) in [6, 6.07) is 7.57. The zero-order chi connectivity index (χ0) is 14.4. The predicted octanol–water partition coefficient (Wildman–Crippen LogP) is 1.96. The van der Waals surface area contributed by atoms with Crippen LogP contribution in [0.2, 0.25) is 0 Å². The summed E-state index contributed by atoms with van der Waals surface area (Å²) < 4.78 is 0. The number of benzene rings is 1. The number of hydrogen-bond acceptors (Lipinski definition) is 4. The maximum Gasteiger partial charge on any atom is 0.275 e. The van der Waals surface area contributed by atoms with Gasteiger partial charge in [0.1, 0.15) is 5.69 Å². The molecule has 0 saturated heterocycles. The fraction of sp³-hybridized carbons (Fsp3) is 0.267. The molecule has 0 spiro atoms. The van der Waals surface area contributed by atoms with Crippen LogP contribution in [0.5, 0.6) is 0 Å². The van der Waals surface area contributed by atoms with E-state index < -0.39 is 0 Å². The van der Waals surface area contributed by atoms with Crippen molar-refractivity contribution in [2.75, 3.05) is 11.9 Å². The first kappa shape index (κ1) is 14.1. The summed E-state index contributed by atoms with van der Waals surface area (Å²) in [5.74, 6) is -0.281. The van der Waals surface area contributed by atoms with Crippen molar-refractivity contribution in [3.63, 3.8) is 0 Å². The van der Waals surface area contributed by atoms with Crippen LogP contribution >= 0.6 is 0 Å². The van der Waals surface area contributed by atoms with E-state index in [1.807, 2.05) is 31.2 Å². The van der Waals surface area contributed by atoms with Gasteiger partial charge in [-0.25, -0.2) is 4.98 Å². The standard InChI is InChI=1S/C15H17N3O2/c1-11-9-17-14(10-16-11)15(20)18-13-6-2-4-12(8-13)5-3-7-19/h2,4,6,8-10,19H,3,5,7H2,1H3,(H,18,20). The average Bonchev–Trinajstić information content (AvgIpc) is 2.46. The molecule has 0 fully saturated rings. The van der Waals surface area contributed by atoms with Gasteiger partial charge in [0.15, 0.2) is 0 Å². The Balaban J connectivity index is 2.05. The number of amides is 1. The van der Waals surface area contributed by atoms with Gasteiger partial charge in [-0.3, -0.25) is 9.78 Å². The zero-order valence-electron chi connectivity index (χ0n) is 11.3. The Kier molecular flexibility index (Phi) is 4.79. The molecule has 0 unspecified atom stereocenters. The molecule has 2 N–H and O–H groups in total. The highest BCUT2D eigenvalue weighted by Crippen LogP contribution is 2.13. The maximum atomic E-state index is 12.0.